The Kier molecular flexibility index (Phi) is 5.45. The van der Waals surface area contributed by atoms with E-state index in [0.717, 1.165) is 22.8 Å². The van der Waals surface area contributed by atoms with Crippen molar-refractivity contribution in [2.45, 2.75) is 6.61 Å². The van der Waals surface area contributed by atoms with Gasteiger partial charge in [-0.15, -0.1) is 0 Å². The summed E-state index contributed by atoms with van der Waals surface area (Å²) in [6, 6.07) is 18.3. The highest BCUT2D eigenvalue weighted by Crippen LogP contribution is 2.29. The predicted octanol–water partition coefficient (Wildman–Crippen LogP) is 4.72. The summed E-state index contributed by atoms with van der Waals surface area (Å²) in [7, 11) is 0. The fourth-order valence-corrected chi connectivity index (χ4v) is 3.70. The number of carboxylic acids is 1. The molecule has 26 heavy (non-hydrogen) atoms. The average molecular weight is 386 g/mol. The van der Waals surface area contributed by atoms with Gasteiger partial charge in [0.05, 0.1) is 5.69 Å². The molecule has 3 rings (SSSR count). The van der Waals surface area contributed by atoms with Crippen LogP contribution >= 0.6 is 23.8 Å². The van der Waals surface area contributed by atoms with Crippen LogP contribution in [0.2, 0.25) is 0 Å². The Balaban J connectivity index is 1.82. The lowest BCUT2D eigenvalue weighted by atomic mass is 10.2. The van der Waals surface area contributed by atoms with Crippen LogP contribution in [0.4, 0.5) is 9.80 Å². The van der Waals surface area contributed by atoms with Crippen LogP contribution < -0.4 is 5.32 Å². The third-order valence-electron chi connectivity index (χ3n) is 3.44. The second-order valence-corrected chi connectivity index (χ2v) is 6.57. The Morgan fingerprint density at radius 1 is 1.08 bits per heavy atom. The van der Waals surface area contributed by atoms with Crippen molar-refractivity contribution >= 4 is 40.8 Å². The number of para-hydroxylation sites is 1. The molecule has 0 unspecified atom stereocenters. The van der Waals surface area contributed by atoms with Crippen molar-refractivity contribution in [2.24, 2.45) is 0 Å². The number of hydrogen-bond donors (Lipinski definition) is 2. The van der Waals surface area contributed by atoms with Crippen LogP contribution in [-0.4, -0.2) is 21.1 Å². The topological polar surface area (TPSA) is 80.6 Å². The zero-order valence-electron chi connectivity index (χ0n) is 13.4. The number of aromatic nitrogens is 1. The highest BCUT2D eigenvalue weighted by atomic mass is 32.1. The summed E-state index contributed by atoms with van der Waals surface area (Å²) in [5, 5.41) is 12.1. The molecule has 6 nitrogen and oxygen atoms in total. The van der Waals surface area contributed by atoms with Crippen LogP contribution in [0.5, 0.6) is 0 Å². The van der Waals surface area contributed by atoms with E-state index in [1.165, 1.54) is 0 Å². The zero-order chi connectivity index (χ0) is 18.5. The van der Waals surface area contributed by atoms with Crippen molar-refractivity contribution in [1.29, 1.82) is 0 Å². The van der Waals surface area contributed by atoms with Crippen LogP contribution in [-0.2, 0) is 11.3 Å². The SMILES string of the molecule is O=C(Nc1sn(-c2ccccc2)c(=S)c1C(=O)O)OCc1ccccc1. The first-order valence-corrected chi connectivity index (χ1v) is 8.77. The maximum atomic E-state index is 12.1. The molecule has 1 amide bonds. The predicted molar refractivity (Wildman–Crippen MR) is 102 cm³/mol. The number of benzene rings is 2. The first kappa shape index (κ1) is 17.8. The van der Waals surface area contributed by atoms with E-state index in [9.17, 15) is 14.7 Å². The number of anilines is 1. The van der Waals surface area contributed by atoms with Gasteiger partial charge in [-0.2, -0.15) is 0 Å². The zero-order valence-corrected chi connectivity index (χ0v) is 15.0. The Bertz CT molecular complexity index is 981. The van der Waals surface area contributed by atoms with Crippen molar-refractivity contribution < 1.29 is 19.4 Å². The lowest BCUT2D eigenvalue weighted by Crippen LogP contribution is -2.14. The second-order valence-electron chi connectivity index (χ2n) is 5.22. The quantitative estimate of drug-likeness (QED) is 0.621. The van der Waals surface area contributed by atoms with E-state index in [1.54, 1.807) is 16.1 Å². The van der Waals surface area contributed by atoms with Crippen molar-refractivity contribution in [3.05, 3.63) is 76.4 Å². The van der Waals surface area contributed by atoms with Gasteiger partial charge < -0.3 is 9.84 Å². The smallest absolute Gasteiger partial charge is 0.412 e. The van der Waals surface area contributed by atoms with Crippen LogP contribution in [0.25, 0.3) is 5.69 Å². The second kappa shape index (κ2) is 7.94. The summed E-state index contributed by atoms with van der Waals surface area (Å²) in [5.41, 5.74) is 1.41. The van der Waals surface area contributed by atoms with E-state index in [-0.39, 0.29) is 21.8 Å². The minimum Gasteiger partial charge on any atom is -0.477 e. The molecule has 0 saturated heterocycles. The van der Waals surface area contributed by atoms with Gasteiger partial charge in [-0.1, -0.05) is 60.7 Å². The summed E-state index contributed by atoms with van der Waals surface area (Å²) in [5.74, 6) is -1.21. The van der Waals surface area contributed by atoms with Gasteiger partial charge in [0.1, 0.15) is 21.8 Å². The van der Waals surface area contributed by atoms with Crippen molar-refractivity contribution in [2.75, 3.05) is 5.32 Å². The Labute approximate surface area is 158 Å². The molecular formula is C18H14N2O4S2. The van der Waals surface area contributed by atoms with Crippen LogP contribution in [0.15, 0.2) is 60.7 Å². The highest BCUT2D eigenvalue weighted by Gasteiger charge is 2.21. The number of amides is 1. The Morgan fingerprint density at radius 3 is 2.31 bits per heavy atom. The molecule has 1 aromatic heterocycles. The molecule has 0 atom stereocenters. The van der Waals surface area contributed by atoms with Crippen LogP contribution in [0.3, 0.4) is 0 Å². The average Bonchev–Trinajstić information content (AvgIpc) is 2.97. The molecule has 0 spiro atoms. The number of carbonyl (C=O) groups excluding carboxylic acids is 1. The molecule has 2 aromatic carbocycles. The lowest BCUT2D eigenvalue weighted by molar-refractivity contribution is 0.0697. The molecule has 0 aliphatic heterocycles. The molecule has 0 fully saturated rings. The van der Waals surface area contributed by atoms with E-state index in [4.69, 9.17) is 17.0 Å². The van der Waals surface area contributed by atoms with Crippen LogP contribution in [0, 0.1) is 4.64 Å². The molecule has 0 bridgehead atoms. The van der Waals surface area contributed by atoms with E-state index < -0.39 is 12.1 Å². The Hall–Kier alpha value is -2.97. The summed E-state index contributed by atoms with van der Waals surface area (Å²) >= 11 is 6.30. The molecule has 0 aliphatic rings. The fraction of sp³-hybridized carbons (Fsp3) is 0.0556. The maximum Gasteiger partial charge on any atom is 0.412 e. The normalized spacial score (nSPS) is 10.3. The number of carboxylic acid groups (broad SMARTS) is 1. The molecule has 8 heteroatoms. The molecule has 2 N–H and O–H groups in total. The van der Waals surface area contributed by atoms with Gasteiger partial charge in [0.2, 0.25) is 0 Å². The first-order chi connectivity index (χ1) is 12.6. The van der Waals surface area contributed by atoms with Gasteiger partial charge in [-0.3, -0.25) is 9.27 Å². The van der Waals surface area contributed by atoms with Gasteiger partial charge in [0.15, 0.2) is 0 Å². The first-order valence-electron chi connectivity index (χ1n) is 7.59. The third kappa shape index (κ3) is 3.98. The van der Waals surface area contributed by atoms with Gasteiger partial charge in [0.25, 0.3) is 0 Å². The molecule has 0 radical (unpaired) electrons. The van der Waals surface area contributed by atoms with Gasteiger partial charge in [-0.05, 0) is 29.2 Å². The number of ether oxygens (including phenoxy) is 1. The summed E-state index contributed by atoms with van der Waals surface area (Å²) < 4.78 is 6.83. The number of nitrogens with one attached hydrogen (secondary N) is 1. The monoisotopic (exact) mass is 386 g/mol. The van der Waals surface area contributed by atoms with Crippen molar-refractivity contribution in [3.8, 4) is 5.69 Å². The highest BCUT2D eigenvalue weighted by molar-refractivity contribution is 7.71. The van der Waals surface area contributed by atoms with Gasteiger partial charge in [-0.25, -0.2) is 9.59 Å². The largest absolute Gasteiger partial charge is 0.477 e. The minimum atomic E-state index is -1.21. The molecule has 1 heterocycles. The van der Waals surface area contributed by atoms with E-state index in [1.807, 2.05) is 48.5 Å². The standard InChI is InChI=1S/C18H14N2O4S2/c21-17(22)14-15(19-18(23)24-11-12-7-3-1-4-8-12)26-20(16(14)25)13-9-5-2-6-10-13/h1-10H,11H2,(H,19,23)(H,21,22). The number of carbonyl (C=O) groups is 2. The summed E-state index contributed by atoms with van der Waals surface area (Å²) in [6.07, 6.45) is -0.743. The van der Waals surface area contributed by atoms with Gasteiger partial charge in [0, 0.05) is 0 Å². The van der Waals surface area contributed by atoms with E-state index in [2.05, 4.69) is 5.32 Å². The van der Waals surface area contributed by atoms with Crippen molar-refractivity contribution in [1.82, 2.24) is 3.96 Å². The molecule has 0 saturated carbocycles. The number of aromatic carboxylic acids is 1. The van der Waals surface area contributed by atoms with Gasteiger partial charge >= 0.3 is 12.1 Å². The molecule has 3 aromatic rings. The van der Waals surface area contributed by atoms with E-state index >= 15 is 0 Å². The number of hydrogen-bond acceptors (Lipinski definition) is 5. The fourth-order valence-electron chi connectivity index (χ4n) is 2.24. The minimum absolute atomic E-state index is 0.0832. The summed E-state index contributed by atoms with van der Waals surface area (Å²) in [4.78, 5) is 23.6. The lowest BCUT2D eigenvalue weighted by Gasteiger charge is -2.06. The van der Waals surface area contributed by atoms with Crippen LogP contribution in [0.1, 0.15) is 15.9 Å². The van der Waals surface area contributed by atoms with E-state index in [0.29, 0.717) is 0 Å². The number of rotatable bonds is 5. The number of nitrogens with zero attached hydrogens (tertiary/aromatic N) is 1. The Morgan fingerprint density at radius 2 is 1.69 bits per heavy atom. The molecule has 132 valence electrons. The molecule has 0 aliphatic carbocycles. The maximum absolute atomic E-state index is 12.1. The van der Waals surface area contributed by atoms with Crippen molar-refractivity contribution in [3.63, 3.8) is 0 Å². The third-order valence-corrected chi connectivity index (χ3v) is 5.01. The molecular weight excluding hydrogens is 372 g/mol. The summed E-state index contributed by atoms with van der Waals surface area (Å²) in [6.45, 7) is 0.0832.